The van der Waals surface area contributed by atoms with Gasteiger partial charge in [0.1, 0.15) is 6.10 Å². The third kappa shape index (κ3) is 3.36. The van der Waals surface area contributed by atoms with Gasteiger partial charge in [-0.05, 0) is 18.4 Å². The predicted octanol–water partition coefficient (Wildman–Crippen LogP) is 2.74. The van der Waals surface area contributed by atoms with Crippen LogP contribution in [0.5, 0.6) is 0 Å². The Morgan fingerprint density at radius 3 is 2.53 bits per heavy atom. The Kier molecular flexibility index (Phi) is 4.84. The summed E-state index contributed by atoms with van der Waals surface area (Å²) in [6, 6.07) is 9.24. The Balaban J connectivity index is 2.70. The van der Waals surface area contributed by atoms with Gasteiger partial charge < -0.3 is 10.3 Å². The predicted molar refractivity (Wildman–Crippen MR) is 60.1 cm³/mol. The van der Waals surface area contributed by atoms with Crippen molar-refractivity contribution in [3.8, 4) is 0 Å². The first-order valence-electron chi connectivity index (χ1n) is 5.23. The van der Waals surface area contributed by atoms with E-state index in [-0.39, 0.29) is 0 Å². The van der Waals surface area contributed by atoms with Crippen molar-refractivity contribution in [1.82, 2.24) is 0 Å². The lowest BCUT2D eigenvalue weighted by Crippen LogP contribution is -2.12. The standard InChI is InChI=1S/C12H17NO2/c1-2-3-9-11(13-15)12(14)10-7-5-4-6-8-10/h4-8,12,14-15H,2-3,9H2,1H3. The lowest BCUT2D eigenvalue weighted by molar-refractivity contribution is 0.231. The van der Waals surface area contributed by atoms with Crippen molar-refractivity contribution in [3.63, 3.8) is 0 Å². The van der Waals surface area contributed by atoms with E-state index in [0.29, 0.717) is 12.1 Å². The number of rotatable bonds is 5. The molecule has 0 radical (unpaired) electrons. The molecule has 1 atom stereocenters. The highest BCUT2D eigenvalue weighted by Crippen LogP contribution is 2.17. The molecule has 0 fully saturated rings. The summed E-state index contributed by atoms with van der Waals surface area (Å²) in [7, 11) is 0. The van der Waals surface area contributed by atoms with Crippen LogP contribution >= 0.6 is 0 Å². The van der Waals surface area contributed by atoms with Gasteiger partial charge in [-0.1, -0.05) is 48.8 Å². The van der Waals surface area contributed by atoms with Crippen LogP contribution in [0, 0.1) is 0 Å². The summed E-state index contributed by atoms with van der Waals surface area (Å²) < 4.78 is 0. The average Bonchev–Trinajstić information content (AvgIpc) is 2.31. The molecule has 0 aromatic heterocycles. The number of aliphatic hydroxyl groups excluding tert-OH is 1. The first-order chi connectivity index (χ1) is 7.29. The molecule has 0 saturated heterocycles. The number of oxime groups is 1. The van der Waals surface area contributed by atoms with Gasteiger partial charge in [0, 0.05) is 0 Å². The average molecular weight is 207 g/mol. The molecule has 0 bridgehead atoms. The number of nitrogens with zero attached hydrogens (tertiary/aromatic N) is 1. The molecule has 0 saturated carbocycles. The number of unbranched alkanes of at least 4 members (excludes halogenated alkanes) is 1. The van der Waals surface area contributed by atoms with Crippen LogP contribution in [0.1, 0.15) is 37.9 Å². The zero-order chi connectivity index (χ0) is 11.1. The van der Waals surface area contributed by atoms with Gasteiger partial charge in [0.15, 0.2) is 0 Å². The monoisotopic (exact) mass is 207 g/mol. The maximum atomic E-state index is 9.92. The summed E-state index contributed by atoms with van der Waals surface area (Å²) in [5.41, 5.74) is 1.20. The molecule has 0 aliphatic rings. The van der Waals surface area contributed by atoms with Gasteiger partial charge in [0.25, 0.3) is 0 Å². The highest BCUT2D eigenvalue weighted by molar-refractivity contribution is 5.88. The minimum atomic E-state index is -0.789. The third-order valence-electron chi connectivity index (χ3n) is 2.35. The van der Waals surface area contributed by atoms with Crippen LogP contribution in [0.15, 0.2) is 35.5 Å². The zero-order valence-corrected chi connectivity index (χ0v) is 8.93. The lowest BCUT2D eigenvalue weighted by Gasteiger charge is -2.12. The van der Waals surface area contributed by atoms with Gasteiger partial charge in [-0.25, -0.2) is 0 Å². The zero-order valence-electron chi connectivity index (χ0n) is 8.93. The molecule has 15 heavy (non-hydrogen) atoms. The van der Waals surface area contributed by atoms with Crippen molar-refractivity contribution in [3.05, 3.63) is 35.9 Å². The molecule has 0 heterocycles. The van der Waals surface area contributed by atoms with E-state index >= 15 is 0 Å². The number of hydrogen-bond donors (Lipinski definition) is 2. The summed E-state index contributed by atoms with van der Waals surface area (Å²) >= 11 is 0. The summed E-state index contributed by atoms with van der Waals surface area (Å²) in [6.07, 6.45) is 1.77. The number of benzene rings is 1. The topological polar surface area (TPSA) is 52.8 Å². The molecule has 1 aromatic carbocycles. The van der Waals surface area contributed by atoms with Crippen LogP contribution in [-0.4, -0.2) is 16.0 Å². The molecule has 2 N–H and O–H groups in total. The van der Waals surface area contributed by atoms with Crippen molar-refractivity contribution in [2.45, 2.75) is 32.3 Å². The van der Waals surface area contributed by atoms with Crippen molar-refractivity contribution >= 4 is 5.71 Å². The maximum absolute atomic E-state index is 9.92. The lowest BCUT2D eigenvalue weighted by atomic mass is 10.0. The molecule has 82 valence electrons. The third-order valence-corrected chi connectivity index (χ3v) is 2.35. The Hall–Kier alpha value is -1.35. The van der Waals surface area contributed by atoms with Crippen LogP contribution in [0.3, 0.4) is 0 Å². The Bertz CT molecular complexity index is 309. The second-order valence-electron chi connectivity index (χ2n) is 3.51. The first-order valence-corrected chi connectivity index (χ1v) is 5.23. The summed E-state index contributed by atoms with van der Waals surface area (Å²) in [5, 5.41) is 21.9. The minimum Gasteiger partial charge on any atom is -0.411 e. The molecular weight excluding hydrogens is 190 g/mol. The van der Waals surface area contributed by atoms with E-state index in [1.54, 1.807) is 0 Å². The molecule has 0 aliphatic heterocycles. The van der Waals surface area contributed by atoms with E-state index in [2.05, 4.69) is 12.1 Å². The van der Waals surface area contributed by atoms with Crippen LogP contribution in [-0.2, 0) is 0 Å². The van der Waals surface area contributed by atoms with Crippen molar-refractivity contribution in [1.29, 1.82) is 0 Å². The Labute approximate surface area is 90.1 Å². The number of hydrogen-bond acceptors (Lipinski definition) is 3. The van der Waals surface area contributed by atoms with Crippen molar-refractivity contribution in [2.24, 2.45) is 5.16 Å². The van der Waals surface area contributed by atoms with Crippen LogP contribution in [0.4, 0.5) is 0 Å². The quantitative estimate of drug-likeness (QED) is 0.443. The van der Waals surface area contributed by atoms with Crippen molar-refractivity contribution < 1.29 is 10.3 Å². The molecule has 1 unspecified atom stereocenters. The van der Waals surface area contributed by atoms with Crippen LogP contribution < -0.4 is 0 Å². The molecule has 0 amide bonds. The highest BCUT2D eigenvalue weighted by Gasteiger charge is 2.14. The molecule has 1 rings (SSSR count). The van der Waals surface area contributed by atoms with E-state index in [1.165, 1.54) is 0 Å². The minimum absolute atomic E-state index is 0.433. The second-order valence-corrected chi connectivity index (χ2v) is 3.51. The van der Waals surface area contributed by atoms with E-state index in [4.69, 9.17) is 5.21 Å². The molecule has 1 aromatic rings. The van der Waals surface area contributed by atoms with Crippen LogP contribution in [0.25, 0.3) is 0 Å². The molecule has 0 spiro atoms. The van der Waals surface area contributed by atoms with Gasteiger partial charge in [-0.3, -0.25) is 0 Å². The largest absolute Gasteiger partial charge is 0.411 e. The fourth-order valence-electron chi connectivity index (χ4n) is 1.43. The maximum Gasteiger partial charge on any atom is 0.120 e. The summed E-state index contributed by atoms with van der Waals surface area (Å²) in [6.45, 7) is 2.06. The smallest absolute Gasteiger partial charge is 0.120 e. The van der Waals surface area contributed by atoms with Crippen LogP contribution in [0.2, 0.25) is 0 Å². The SMILES string of the molecule is CCCCC(=NO)C(O)c1ccccc1. The summed E-state index contributed by atoms with van der Waals surface area (Å²) in [4.78, 5) is 0. The Morgan fingerprint density at radius 2 is 2.00 bits per heavy atom. The van der Waals surface area contributed by atoms with Gasteiger partial charge in [0.05, 0.1) is 5.71 Å². The molecular formula is C12H17NO2. The second kappa shape index (κ2) is 6.19. The van der Waals surface area contributed by atoms with Gasteiger partial charge in [-0.15, -0.1) is 0 Å². The molecule has 3 heteroatoms. The summed E-state index contributed by atoms with van der Waals surface area (Å²) in [5.74, 6) is 0. The van der Waals surface area contributed by atoms with Gasteiger partial charge in [0.2, 0.25) is 0 Å². The molecule has 0 aliphatic carbocycles. The highest BCUT2D eigenvalue weighted by atomic mass is 16.4. The fourth-order valence-corrected chi connectivity index (χ4v) is 1.43. The Morgan fingerprint density at radius 1 is 1.33 bits per heavy atom. The van der Waals surface area contributed by atoms with E-state index in [9.17, 15) is 5.11 Å². The van der Waals surface area contributed by atoms with E-state index in [1.807, 2.05) is 30.3 Å². The van der Waals surface area contributed by atoms with Gasteiger partial charge >= 0.3 is 0 Å². The van der Waals surface area contributed by atoms with E-state index < -0.39 is 6.10 Å². The molecule has 3 nitrogen and oxygen atoms in total. The number of aliphatic hydroxyl groups is 1. The normalized spacial score (nSPS) is 13.9. The van der Waals surface area contributed by atoms with E-state index in [0.717, 1.165) is 18.4 Å². The first kappa shape index (κ1) is 11.7. The van der Waals surface area contributed by atoms with Crippen molar-refractivity contribution in [2.75, 3.05) is 0 Å². The fraction of sp³-hybridized carbons (Fsp3) is 0.417. The van der Waals surface area contributed by atoms with Gasteiger partial charge in [-0.2, -0.15) is 0 Å².